The van der Waals surface area contributed by atoms with E-state index in [4.69, 9.17) is 10.5 Å². The number of ether oxygens (including phenoxy) is 1. The number of hydrogen-bond donors (Lipinski definition) is 1. The summed E-state index contributed by atoms with van der Waals surface area (Å²) in [6.07, 6.45) is 0.998. The Morgan fingerprint density at radius 3 is 2.25 bits per heavy atom. The fourth-order valence-corrected chi connectivity index (χ4v) is 1.98. The van der Waals surface area contributed by atoms with E-state index < -0.39 is 0 Å². The molecule has 0 spiro atoms. The molecule has 0 aliphatic heterocycles. The van der Waals surface area contributed by atoms with Crippen LogP contribution >= 0.6 is 0 Å². The van der Waals surface area contributed by atoms with Gasteiger partial charge in [-0.15, -0.1) is 0 Å². The van der Waals surface area contributed by atoms with Crippen LogP contribution in [0.25, 0.3) is 11.0 Å². The maximum atomic E-state index is 5.89. The number of aromatic nitrogens is 2. The van der Waals surface area contributed by atoms with Crippen molar-refractivity contribution in [1.29, 1.82) is 0 Å². The zero-order chi connectivity index (χ0) is 13.9. The quantitative estimate of drug-likeness (QED) is 0.786. The van der Waals surface area contributed by atoms with Crippen LogP contribution in [0.5, 0.6) is 11.6 Å². The van der Waals surface area contributed by atoms with E-state index >= 15 is 0 Å². The lowest BCUT2D eigenvalue weighted by Gasteiger charge is -2.08. The maximum absolute atomic E-state index is 5.89. The molecule has 0 saturated carbocycles. The Morgan fingerprint density at radius 1 is 0.950 bits per heavy atom. The minimum absolute atomic E-state index is 0.295. The molecular weight excluding hydrogens is 250 g/mol. The van der Waals surface area contributed by atoms with E-state index in [1.165, 1.54) is 5.56 Å². The fourth-order valence-electron chi connectivity index (χ4n) is 1.98. The smallest absolute Gasteiger partial charge is 0.263 e. The number of nitrogens with two attached hydrogens (primary N) is 1. The normalized spacial score (nSPS) is 10.7. The Labute approximate surface area is 117 Å². The predicted octanol–water partition coefficient (Wildman–Crippen LogP) is 3.57. The van der Waals surface area contributed by atoms with E-state index in [0.29, 0.717) is 17.4 Å². The highest BCUT2D eigenvalue weighted by Crippen LogP contribution is 2.26. The fraction of sp³-hybridized carbons (Fsp3) is 0.125. The zero-order valence-corrected chi connectivity index (χ0v) is 11.2. The molecule has 2 aromatic carbocycles. The van der Waals surface area contributed by atoms with Gasteiger partial charge in [0.2, 0.25) is 0 Å². The van der Waals surface area contributed by atoms with E-state index in [2.05, 4.69) is 16.9 Å². The van der Waals surface area contributed by atoms with Crippen LogP contribution in [0.2, 0.25) is 0 Å². The molecule has 0 aliphatic rings. The second-order valence-electron chi connectivity index (χ2n) is 4.50. The lowest BCUT2D eigenvalue weighted by molar-refractivity contribution is 0.465. The largest absolute Gasteiger partial charge is 0.436 e. The van der Waals surface area contributed by atoms with Crippen LogP contribution in [-0.2, 0) is 6.42 Å². The summed E-state index contributed by atoms with van der Waals surface area (Å²) in [7, 11) is 0. The van der Waals surface area contributed by atoms with Gasteiger partial charge in [0.25, 0.3) is 5.88 Å². The molecule has 1 heterocycles. The molecule has 20 heavy (non-hydrogen) atoms. The third-order valence-electron chi connectivity index (χ3n) is 3.11. The number of benzene rings is 2. The molecule has 100 valence electrons. The molecule has 4 heteroatoms. The molecule has 1 aromatic heterocycles. The van der Waals surface area contributed by atoms with Crippen LogP contribution in [-0.4, -0.2) is 9.97 Å². The lowest BCUT2D eigenvalue weighted by Crippen LogP contribution is -1.99. The van der Waals surface area contributed by atoms with E-state index in [-0.39, 0.29) is 0 Å². The first-order valence-electron chi connectivity index (χ1n) is 6.55. The summed E-state index contributed by atoms with van der Waals surface area (Å²) in [5, 5.41) is 0. The van der Waals surface area contributed by atoms with Gasteiger partial charge >= 0.3 is 0 Å². The van der Waals surface area contributed by atoms with E-state index in [0.717, 1.165) is 17.5 Å². The van der Waals surface area contributed by atoms with Crippen LogP contribution in [0.15, 0.2) is 48.5 Å². The Hall–Kier alpha value is -2.62. The van der Waals surface area contributed by atoms with Gasteiger partial charge in [-0.2, -0.15) is 0 Å². The first-order chi connectivity index (χ1) is 9.76. The Balaban J connectivity index is 1.94. The average Bonchev–Trinajstić information content (AvgIpc) is 2.49. The van der Waals surface area contributed by atoms with Crippen molar-refractivity contribution in [2.75, 3.05) is 5.73 Å². The molecular formula is C16H15N3O. The summed E-state index contributed by atoms with van der Waals surface area (Å²) >= 11 is 0. The first kappa shape index (κ1) is 12.4. The summed E-state index contributed by atoms with van der Waals surface area (Å²) in [4.78, 5) is 8.70. The van der Waals surface area contributed by atoms with Crippen LogP contribution in [0.4, 0.5) is 5.82 Å². The summed E-state index contributed by atoms with van der Waals surface area (Å²) in [6, 6.07) is 15.4. The molecule has 0 fully saturated rings. The molecule has 3 aromatic rings. The number of hydrogen-bond acceptors (Lipinski definition) is 4. The molecule has 0 aliphatic carbocycles. The van der Waals surface area contributed by atoms with E-state index in [9.17, 15) is 0 Å². The van der Waals surface area contributed by atoms with Gasteiger partial charge in [0.1, 0.15) is 5.75 Å². The first-order valence-corrected chi connectivity index (χ1v) is 6.55. The molecule has 0 bridgehead atoms. The van der Waals surface area contributed by atoms with Crippen molar-refractivity contribution < 1.29 is 4.74 Å². The van der Waals surface area contributed by atoms with Gasteiger partial charge in [-0.3, -0.25) is 0 Å². The van der Waals surface area contributed by atoms with Crippen molar-refractivity contribution in [2.45, 2.75) is 13.3 Å². The number of anilines is 1. The van der Waals surface area contributed by atoms with Gasteiger partial charge in [0.05, 0.1) is 11.0 Å². The van der Waals surface area contributed by atoms with Crippen molar-refractivity contribution in [3.8, 4) is 11.6 Å². The highest BCUT2D eigenvalue weighted by Gasteiger charge is 2.08. The molecule has 0 saturated heterocycles. The van der Waals surface area contributed by atoms with E-state index in [1.54, 1.807) is 0 Å². The Bertz CT molecular complexity index is 738. The number of fused-ring (bicyclic) bond motifs is 1. The molecule has 4 nitrogen and oxygen atoms in total. The topological polar surface area (TPSA) is 61.0 Å². The van der Waals surface area contributed by atoms with Gasteiger partial charge in [0.15, 0.2) is 5.82 Å². The highest BCUT2D eigenvalue weighted by molar-refractivity contribution is 5.76. The summed E-state index contributed by atoms with van der Waals surface area (Å²) in [5.41, 5.74) is 8.68. The van der Waals surface area contributed by atoms with Crippen molar-refractivity contribution in [2.24, 2.45) is 0 Å². The molecule has 0 unspecified atom stereocenters. The van der Waals surface area contributed by atoms with Crippen molar-refractivity contribution in [1.82, 2.24) is 9.97 Å². The summed E-state index contributed by atoms with van der Waals surface area (Å²) in [5.74, 6) is 1.34. The number of para-hydroxylation sites is 2. The van der Waals surface area contributed by atoms with Gasteiger partial charge < -0.3 is 10.5 Å². The molecule has 0 atom stereocenters. The molecule has 2 N–H and O–H groups in total. The molecule has 0 amide bonds. The van der Waals surface area contributed by atoms with Gasteiger partial charge in [-0.25, -0.2) is 9.97 Å². The van der Waals surface area contributed by atoms with Crippen molar-refractivity contribution >= 4 is 16.9 Å². The minimum atomic E-state index is 0.295. The molecule has 3 rings (SSSR count). The summed E-state index contributed by atoms with van der Waals surface area (Å²) < 4.78 is 5.72. The SMILES string of the molecule is CCc1ccc(Oc2nc3ccccc3nc2N)cc1. The minimum Gasteiger partial charge on any atom is -0.436 e. The maximum Gasteiger partial charge on any atom is 0.263 e. The van der Waals surface area contributed by atoms with Crippen molar-refractivity contribution in [3.05, 3.63) is 54.1 Å². The third-order valence-corrected chi connectivity index (χ3v) is 3.11. The monoisotopic (exact) mass is 265 g/mol. The Kier molecular flexibility index (Phi) is 3.21. The van der Waals surface area contributed by atoms with E-state index in [1.807, 2.05) is 48.5 Å². The zero-order valence-electron chi connectivity index (χ0n) is 11.2. The van der Waals surface area contributed by atoms with Crippen LogP contribution in [0.1, 0.15) is 12.5 Å². The second kappa shape index (κ2) is 5.17. The number of aryl methyl sites for hydroxylation is 1. The van der Waals surface area contributed by atoms with Crippen molar-refractivity contribution in [3.63, 3.8) is 0 Å². The second-order valence-corrected chi connectivity index (χ2v) is 4.50. The van der Waals surface area contributed by atoms with Gasteiger partial charge in [-0.1, -0.05) is 31.2 Å². The third kappa shape index (κ3) is 2.40. The molecule has 0 radical (unpaired) electrons. The number of nitrogens with zero attached hydrogens (tertiary/aromatic N) is 2. The van der Waals surface area contributed by atoms with Gasteiger partial charge in [0, 0.05) is 0 Å². The van der Waals surface area contributed by atoms with Crippen LogP contribution in [0.3, 0.4) is 0 Å². The number of rotatable bonds is 3. The van der Waals surface area contributed by atoms with Gasteiger partial charge in [-0.05, 0) is 36.2 Å². The predicted molar refractivity (Wildman–Crippen MR) is 79.8 cm³/mol. The van der Waals surface area contributed by atoms with Crippen LogP contribution < -0.4 is 10.5 Å². The highest BCUT2D eigenvalue weighted by atomic mass is 16.5. The van der Waals surface area contributed by atoms with Crippen LogP contribution in [0, 0.1) is 0 Å². The lowest BCUT2D eigenvalue weighted by atomic mass is 10.2. The Morgan fingerprint density at radius 2 is 1.60 bits per heavy atom. The average molecular weight is 265 g/mol. The number of nitrogen functional groups attached to an aromatic ring is 1. The summed E-state index contributed by atoms with van der Waals surface area (Å²) in [6.45, 7) is 2.11. The standard InChI is InChI=1S/C16H15N3O/c1-2-11-7-9-12(10-8-11)20-16-15(17)18-13-5-3-4-6-14(13)19-16/h3-10H,2H2,1H3,(H2,17,18).